The minimum absolute atomic E-state index is 0.0868. The molecular formula is C6H14NOP. The molecule has 0 spiro atoms. The maximum absolute atomic E-state index is 10.1. The normalized spacial score (nSPS) is 14.0. The fraction of sp³-hybridized carbons (Fsp3) is 1.00. The summed E-state index contributed by atoms with van der Waals surface area (Å²) in [6.07, 6.45) is 4.39. The maximum Gasteiger partial charge on any atom is 0.174 e. The standard InChI is InChI=1S/C6H14NOP/c1-2-3-4-5-6(7)9-8/h6H,2-5,7H2,1H3. The molecule has 1 unspecified atom stereocenters. The van der Waals surface area contributed by atoms with Crippen molar-refractivity contribution in [1.82, 2.24) is 0 Å². The highest BCUT2D eigenvalue weighted by atomic mass is 31.1. The fourth-order valence-corrected chi connectivity index (χ4v) is 0.944. The summed E-state index contributed by atoms with van der Waals surface area (Å²) in [5.41, 5.74) is 5.39. The topological polar surface area (TPSA) is 43.1 Å². The van der Waals surface area contributed by atoms with Crippen LogP contribution < -0.4 is 5.73 Å². The number of unbranched alkanes of at least 4 members (excludes halogenated alkanes) is 2. The van der Waals surface area contributed by atoms with Crippen LogP contribution in [0.15, 0.2) is 0 Å². The van der Waals surface area contributed by atoms with E-state index >= 15 is 0 Å². The molecule has 0 bridgehead atoms. The molecule has 0 fully saturated rings. The Kier molecular flexibility index (Phi) is 6.23. The van der Waals surface area contributed by atoms with Gasteiger partial charge in [-0.15, -0.1) is 0 Å². The molecule has 2 nitrogen and oxygen atoms in total. The molecule has 0 aliphatic carbocycles. The van der Waals surface area contributed by atoms with Crippen LogP contribution in [-0.4, -0.2) is 5.78 Å². The predicted octanol–water partition coefficient (Wildman–Crippen LogP) is 2.14. The molecule has 0 aliphatic heterocycles. The lowest BCUT2D eigenvalue weighted by molar-refractivity contribution is 0.578. The third kappa shape index (κ3) is 5.94. The first kappa shape index (κ1) is 9.06. The van der Waals surface area contributed by atoms with Crippen LogP contribution in [0.3, 0.4) is 0 Å². The smallest absolute Gasteiger partial charge is 0.174 e. The first-order valence-corrected chi connectivity index (χ1v) is 4.27. The lowest BCUT2D eigenvalue weighted by Crippen LogP contribution is -2.10. The monoisotopic (exact) mass is 147 g/mol. The Hall–Kier alpha value is 0.0600. The van der Waals surface area contributed by atoms with Gasteiger partial charge in [0.2, 0.25) is 0 Å². The highest BCUT2D eigenvalue weighted by molar-refractivity contribution is 7.24. The van der Waals surface area contributed by atoms with Gasteiger partial charge in [0.15, 0.2) is 8.46 Å². The third-order valence-electron chi connectivity index (χ3n) is 1.24. The fourth-order valence-electron chi connectivity index (χ4n) is 0.656. The van der Waals surface area contributed by atoms with Crippen LogP contribution in [-0.2, 0) is 4.57 Å². The van der Waals surface area contributed by atoms with Crippen molar-refractivity contribution in [3.63, 3.8) is 0 Å². The molecule has 0 aromatic carbocycles. The number of hydrogen-bond acceptors (Lipinski definition) is 2. The summed E-state index contributed by atoms with van der Waals surface area (Å²) >= 11 is 0. The molecule has 0 aromatic heterocycles. The highest BCUT2D eigenvalue weighted by Crippen LogP contribution is 2.09. The van der Waals surface area contributed by atoms with Crippen LogP contribution in [0.25, 0.3) is 0 Å². The van der Waals surface area contributed by atoms with Gasteiger partial charge < -0.3 is 5.73 Å². The zero-order chi connectivity index (χ0) is 7.11. The molecule has 0 saturated carbocycles. The van der Waals surface area contributed by atoms with Gasteiger partial charge in [-0.1, -0.05) is 26.2 Å². The van der Waals surface area contributed by atoms with Crippen LogP contribution in [0.2, 0.25) is 0 Å². The Morgan fingerprint density at radius 2 is 2.22 bits per heavy atom. The first-order chi connectivity index (χ1) is 4.31. The van der Waals surface area contributed by atoms with Crippen molar-refractivity contribution in [1.29, 1.82) is 0 Å². The molecular weight excluding hydrogens is 133 g/mol. The van der Waals surface area contributed by atoms with Crippen LogP contribution in [0, 0.1) is 0 Å². The Bertz CT molecular complexity index is 77.5. The second-order valence-corrected chi connectivity index (χ2v) is 3.04. The summed E-state index contributed by atoms with van der Waals surface area (Å²) in [7, 11) is 0.0868. The zero-order valence-corrected chi connectivity index (χ0v) is 6.73. The van der Waals surface area contributed by atoms with Crippen LogP contribution >= 0.6 is 8.46 Å². The quantitative estimate of drug-likeness (QED) is 0.478. The van der Waals surface area contributed by atoms with E-state index in [2.05, 4.69) is 6.92 Å². The lowest BCUT2D eigenvalue weighted by Gasteiger charge is -1.99. The van der Waals surface area contributed by atoms with Crippen molar-refractivity contribution >= 4 is 8.46 Å². The predicted molar refractivity (Wildman–Crippen MR) is 39.7 cm³/mol. The average Bonchev–Trinajstić information content (AvgIpc) is 1.89. The molecule has 1 atom stereocenters. The molecule has 0 amide bonds. The second kappa shape index (κ2) is 6.18. The van der Waals surface area contributed by atoms with Gasteiger partial charge in [0.25, 0.3) is 0 Å². The summed E-state index contributed by atoms with van der Waals surface area (Å²) < 4.78 is 10.1. The van der Waals surface area contributed by atoms with E-state index < -0.39 is 0 Å². The van der Waals surface area contributed by atoms with Gasteiger partial charge in [-0.2, -0.15) is 0 Å². The molecule has 0 aliphatic rings. The lowest BCUT2D eigenvalue weighted by atomic mass is 10.2. The number of hydrogen-bond donors (Lipinski definition) is 1. The average molecular weight is 147 g/mol. The molecule has 2 N–H and O–H groups in total. The van der Waals surface area contributed by atoms with Gasteiger partial charge in [-0.05, 0) is 6.42 Å². The van der Waals surface area contributed by atoms with E-state index in [1.807, 2.05) is 0 Å². The maximum atomic E-state index is 10.1. The van der Waals surface area contributed by atoms with Crippen molar-refractivity contribution in [3.05, 3.63) is 0 Å². The Morgan fingerprint density at radius 1 is 1.56 bits per heavy atom. The van der Waals surface area contributed by atoms with Gasteiger partial charge >= 0.3 is 0 Å². The van der Waals surface area contributed by atoms with Gasteiger partial charge in [-0.3, -0.25) is 4.57 Å². The van der Waals surface area contributed by atoms with Crippen molar-refractivity contribution < 1.29 is 4.57 Å². The van der Waals surface area contributed by atoms with Crippen LogP contribution in [0.4, 0.5) is 0 Å². The van der Waals surface area contributed by atoms with Gasteiger partial charge in [0.1, 0.15) is 0 Å². The second-order valence-electron chi connectivity index (χ2n) is 2.17. The van der Waals surface area contributed by atoms with E-state index in [9.17, 15) is 4.57 Å². The Labute approximate surface area is 58.0 Å². The molecule has 0 aromatic rings. The largest absolute Gasteiger partial charge is 0.318 e. The first-order valence-electron chi connectivity index (χ1n) is 3.39. The summed E-state index contributed by atoms with van der Waals surface area (Å²) in [5, 5.41) is 0. The third-order valence-corrected chi connectivity index (χ3v) is 1.77. The molecule has 0 saturated heterocycles. The Morgan fingerprint density at radius 3 is 2.67 bits per heavy atom. The summed E-state index contributed by atoms with van der Waals surface area (Å²) in [6.45, 7) is 2.14. The van der Waals surface area contributed by atoms with Crippen molar-refractivity contribution in [2.75, 3.05) is 0 Å². The zero-order valence-electron chi connectivity index (χ0n) is 5.84. The summed E-state index contributed by atoms with van der Waals surface area (Å²) in [5.74, 6) is -0.128. The molecule has 0 rings (SSSR count). The molecule has 3 heteroatoms. The van der Waals surface area contributed by atoms with E-state index in [4.69, 9.17) is 5.73 Å². The SMILES string of the molecule is CCCCCC(N)P=O. The van der Waals surface area contributed by atoms with E-state index in [0.29, 0.717) is 0 Å². The highest BCUT2D eigenvalue weighted by Gasteiger charge is 1.98. The van der Waals surface area contributed by atoms with Gasteiger partial charge in [0.05, 0.1) is 5.78 Å². The van der Waals surface area contributed by atoms with E-state index in [-0.39, 0.29) is 14.2 Å². The van der Waals surface area contributed by atoms with E-state index in [1.165, 1.54) is 12.8 Å². The Balaban J connectivity index is 2.96. The van der Waals surface area contributed by atoms with Crippen LogP contribution in [0.5, 0.6) is 0 Å². The number of rotatable bonds is 5. The molecule has 54 valence electrons. The van der Waals surface area contributed by atoms with E-state index in [1.54, 1.807) is 0 Å². The van der Waals surface area contributed by atoms with Gasteiger partial charge in [-0.25, -0.2) is 0 Å². The molecule has 0 radical (unpaired) electrons. The van der Waals surface area contributed by atoms with Gasteiger partial charge in [0, 0.05) is 0 Å². The molecule has 0 heterocycles. The minimum Gasteiger partial charge on any atom is -0.318 e. The van der Waals surface area contributed by atoms with Crippen LogP contribution in [0.1, 0.15) is 32.6 Å². The summed E-state index contributed by atoms with van der Waals surface area (Å²) in [6, 6.07) is 0. The van der Waals surface area contributed by atoms with E-state index in [0.717, 1.165) is 12.8 Å². The van der Waals surface area contributed by atoms with Crippen molar-refractivity contribution in [2.45, 2.75) is 38.4 Å². The number of nitrogens with two attached hydrogens (primary N) is 1. The minimum atomic E-state index is -0.128. The molecule has 9 heavy (non-hydrogen) atoms. The van der Waals surface area contributed by atoms with Crippen molar-refractivity contribution in [3.8, 4) is 0 Å². The summed E-state index contributed by atoms with van der Waals surface area (Å²) in [4.78, 5) is 0. The van der Waals surface area contributed by atoms with Crippen molar-refractivity contribution in [2.24, 2.45) is 5.73 Å².